The first-order valence-corrected chi connectivity index (χ1v) is 10.0. The van der Waals surface area contributed by atoms with Gasteiger partial charge in [-0.2, -0.15) is 0 Å². The van der Waals surface area contributed by atoms with Gasteiger partial charge in [-0.05, 0) is 31.6 Å². The van der Waals surface area contributed by atoms with E-state index >= 15 is 0 Å². The Labute approximate surface area is 147 Å². The van der Waals surface area contributed by atoms with Crippen LogP contribution in [0.1, 0.15) is 90.9 Å². The second kappa shape index (κ2) is 13.3. The second-order valence-corrected chi connectivity index (χ2v) is 6.98. The van der Waals surface area contributed by atoms with Gasteiger partial charge >= 0.3 is 11.9 Å². The maximum absolute atomic E-state index is 12.4. The van der Waals surface area contributed by atoms with Crippen molar-refractivity contribution in [1.82, 2.24) is 0 Å². The summed E-state index contributed by atoms with van der Waals surface area (Å²) in [5.74, 6) is -1.32. The number of rotatable bonds is 13. The molecule has 0 atom stereocenters. The summed E-state index contributed by atoms with van der Waals surface area (Å²) in [6.45, 7) is 5.15. The second-order valence-electron chi connectivity index (χ2n) is 6.98. The van der Waals surface area contributed by atoms with E-state index in [0.29, 0.717) is 13.2 Å². The molecule has 4 nitrogen and oxygen atoms in total. The minimum Gasteiger partial charge on any atom is -0.465 e. The minimum atomic E-state index is -0.704. The standard InChI is InChI=1S/C20H36O4/c1-3-5-7-11-15-23-19(21)18(17-13-9-10-14-17)20(22)24-16-12-8-6-4-2/h17-18H,3-16H2,1-2H3. The number of unbranched alkanes of at least 4 members (excludes halogenated alkanes) is 6. The Kier molecular flexibility index (Phi) is 11.6. The number of esters is 2. The van der Waals surface area contributed by atoms with Gasteiger partial charge in [-0.3, -0.25) is 9.59 Å². The van der Waals surface area contributed by atoms with Crippen molar-refractivity contribution >= 4 is 11.9 Å². The van der Waals surface area contributed by atoms with Crippen molar-refractivity contribution in [3.05, 3.63) is 0 Å². The molecule has 24 heavy (non-hydrogen) atoms. The topological polar surface area (TPSA) is 52.6 Å². The van der Waals surface area contributed by atoms with Gasteiger partial charge in [-0.1, -0.05) is 65.2 Å². The molecule has 1 aliphatic carbocycles. The Morgan fingerprint density at radius 1 is 0.792 bits per heavy atom. The Morgan fingerprint density at radius 2 is 1.25 bits per heavy atom. The molecule has 4 heteroatoms. The third-order valence-corrected chi connectivity index (χ3v) is 4.86. The van der Waals surface area contributed by atoms with Crippen molar-refractivity contribution in [2.24, 2.45) is 11.8 Å². The Balaban J connectivity index is 2.41. The SMILES string of the molecule is CCCCCCOC(=O)C(C(=O)OCCCCCC)C1CCCC1. The highest BCUT2D eigenvalue weighted by molar-refractivity contribution is 5.95. The minimum absolute atomic E-state index is 0.108. The van der Waals surface area contributed by atoms with Crippen LogP contribution in [0.5, 0.6) is 0 Å². The molecule has 0 N–H and O–H groups in total. The molecule has 1 fully saturated rings. The molecule has 0 bridgehead atoms. The molecular formula is C20H36O4. The third kappa shape index (κ3) is 8.16. The summed E-state index contributed by atoms with van der Waals surface area (Å²) in [5.41, 5.74) is 0. The van der Waals surface area contributed by atoms with E-state index in [1.807, 2.05) is 0 Å². The zero-order valence-electron chi connectivity index (χ0n) is 15.7. The van der Waals surface area contributed by atoms with Crippen LogP contribution in [0.4, 0.5) is 0 Å². The first-order chi connectivity index (χ1) is 11.7. The van der Waals surface area contributed by atoms with Crippen molar-refractivity contribution in [2.75, 3.05) is 13.2 Å². The van der Waals surface area contributed by atoms with E-state index in [4.69, 9.17) is 9.47 Å². The van der Waals surface area contributed by atoms with Crippen molar-refractivity contribution in [1.29, 1.82) is 0 Å². The lowest BCUT2D eigenvalue weighted by atomic mass is 9.91. The van der Waals surface area contributed by atoms with Crippen LogP contribution in [-0.4, -0.2) is 25.2 Å². The van der Waals surface area contributed by atoms with Crippen LogP contribution in [0.2, 0.25) is 0 Å². The quantitative estimate of drug-likeness (QED) is 0.268. The van der Waals surface area contributed by atoms with Crippen LogP contribution < -0.4 is 0 Å². The van der Waals surface area contributed by atoms with Crippen LogP contribution in [0.3, 0.4) is 0 Å². The zero-order valence-corrected chi connectivity index (χ0v) is 15.7. The maximum atomic E-state index is 12.4. The van der Waals surface area contributed by atoms with Gasteiger partial charge in [0.25, 0.3) is 0 Å². The normalized spacial score (nSPS) is 15.0. The molecule has 0 aromatic rings. The van der Waals surface area contributed by atoms with Gasteiger partial charge in [0.15, 0.2) is 5.92 Å². The fourth-order valence-electron chi connectivity index (χ4n) is 3.35. The predicted octanol–water partition coefficient (Wildman–Crippen LogP) is 5.04. The van der Waals surface area contributed by atoms with Crippen molar-refractivity contribution in [3.8, 4) is 0 Å². The molecule has 0 spiro atoms. The molecule has 1 saturated carbocycles. The summed E-state index contributed by atoms with van der Waals surface area (Å²) in [7, 11) is 0. The molecule has 0 unspecified atom stereocenters. The smallest absolute Gasteiger partial charge is 0.320 e. The van der Waals surface area contributed by atoms with Crippen molar-refractivity contribution in [2.45, 2.75) is 90.9 Å². The van der Waals surface area contributed by atoms with Gasteiger partial charge in [0.2, 0.25) is 0 Å². The van der Waals surface area contributed by atoms with Gasteiger partial charge < -0.3 is 9.47 Å². The fraction of sp³-hybridized carbons (Fsp3) is 0.900. The molecule has 0 amide bonds. The van der Waals surface area contributed by atoms with Crippen LogP contribution in [-0.2, 0) is 19.1 Å². The number of carbonyl (C=O) groups excluding carboxylic acids is 2. The van der Waals surface area contributed by atoms with Gasteiger partial charge in [0.05, 0.1) is 13.2 Å². The van der Waals surface area contributed by atoms with Crippen LogP contribution in [0, 0.1) is 11.8 Å². The number of ether oxygens (including phenoxy) is 2. The van der Waals surface area contributed by atoms with Crippen LogP contribution in [0.25, 0.3) is 0 Å². The van der Waals surface area contributed by atoms with Crippen LogP contribution in [0.15, 0.2) is 0 Å². The highest BCUT2D eigenvalue weighted by atomic mass is 16.6. The Bertz CT molecular complexity index is 322. The molecule has 140 valence electrons. The lowest BCUT2D eigenvalue weighted by Crippen LogP contribution is -2.33. The van der Waals surface area contributed by atoms with E-state index in [0.717, 1.165) is 77.0 Å². The Hall–Kier alpha value is -1.06. The van der Waals surface area contributed by atoms with E-state index in [1.54, 1.807) is 0 Å². The molecule has 0 heterocycles. The monoisotopic (exact) mass is 340 g/mol. The average molecular weight is 341 g/mol. The highest BCUT2D eigenvalue weighted by Gasteiger charge is 2.38. The summed E-state index contributed by atoms with van der Waals surface area (Å²) in [5, 5.41) is 0. The van der Waals surface area contributed by atoms with E-state index in [1.165, 1.54) is 0 Å². The molecule has 1 aliphatic rings. The third-order valence-electron chi connectivity index (χ3n) is 4.86. The summed E-state index contributed by atoms with van der Waals surface area (Å²) in [6, 6.07) is 0. The van der Waals surface area contributed by atoms with E-state index in [-0.39, 0.29) is 17.9 Å². The molecule has 0 aliphatic heterocycles. The summed E-state index contributed by atoms with van der Waals surface area (Å²) in [4.78, 5) is 24.8. The van der Waals surface area contributed by atoms with Gasteiger partial charge in [-0.15, -0.1) is 0 Å². The Morgan fingerprint density at radius 3 is 1.67 bits per heavy atom. The van der Waals surface area contributed by atoms with E-state index in [9.17, 15) is 9.59 Å². The van der Waals surface area contributed by atoms with Crippen LogP contribution >= 0.6 is 0 Å². The fourth-order valence-corrected chi connectivity index (χ4v) is 3.35. The summed E-state index contributed by atoms with van der Waals surface area (Å²) < 4.78 is 10.8. The highest BCUT2D eigenvalue weighted by Crippen LogP contribution is 2.33. The van der Waals surface area contributed by atoms with Gasteiger partial charge in [-0.25, -0.2) is 0 Å². The van der Waals surface area contributed by atoms with Crippen molar-refractivity contribution in [3.63, 3.8) is 0 Å². The largest absolute Gasteiger partial charge is 0.465 e. The lowest BCUT2D eigenvalue weighted by Gasteiger charge is -2.20. The lowest BCUT2D eigenvalue weighted by molar-refractivity contribution is -0.165. The maximum Gasteiger partial charge on any atom is 0.320 e. The molecule has 1 rings (SSSR count). The number of hydrogen-bond donors (Lipinski definition) is 0. The summed E-state index contributed by atoms with van der Waals surface area (Å²) in [6.07, 6.45) is 12.6. The molecule has 0 radical (unpaired) electrons. The number of carbonyl (C=O) groups is 2. The van der Waals surface area contributed by atoms with Gasteiger partial charge in [0.1, 0.15) is 0 Å². The number of hydrogen-bond acceptors (Lipinski definition) is 4. The molecule has 0 aromatic heterocycles. The predicted molar refractivity (Wildman–Crippen MR) is 95.7 cm³/mol. The zero-order chi connectivity index (χ0) is 17.6. The average Bonchev–Trinajstić information content (AvgIpc) is 3.08. The van der Waals surface area contributed by atoms with Gasteiger partial charge in [0, 0.05) is 0 Å². The molecule has 0 saturated heterocycles. The first-order valence-electron chi connectivity index (χ1n) is 10.0. The van der Waals surface area contributed by atoms with Crippen molar-refractivity contribution < 1.29 is 19.1 Å². The summed E-state index contributed by atoms with van der Waals surface area (Å²) >= 11 is 0. The van der Waals surface area contributed by atoms with E-state index in [2.05, 4.69) is 13.8 Å². The molecular weight excluding hydrogens is 304 g/mol. The van der Waals surface area contributed by atoms with E-state index < -0.39 is 5.92 Å². The molecule has 0 aromatic carbocycles. The first kappa shape index (κ1) is 21.0.